The van der Waals surface area contributed by atoms with E-state index in [9.17, 15) is 0 Å². The van der Waals surface area contributed by atoms with Gasteiger partial charge in [0.15, 0.2) is 5.79 Å². The molecule has 0 bridgehead atoms. The zero-order valence-electron chi connectivity index (χ0n) is 19.7. The molecule has 0 amide bonds. The van der Waals surface area contributed by atoms with Crippen LogP contribution < -0.4 is 4.74 Å². The van der Waals surface area contributed by atoms with Crippen LogP contribution in [0, 0.1) is 0 Å². The standard InChI is InChI=1S/C24H37NO6/c1-17(18-7-9-19(10-8-18)27-12-20-13-28-20)31-25-22(2,3)15-24(16-23(25,4)5)29-14-21(30-24)11-26-6/h7-10,17,20-21H,11-16H2,1-6H3. The number of hydrogen-bond donors (Lipinski definition) is 0. The highest BCUT2D eigenvalue weighted by Gasteiger charge is 2.58. The Morgan fingerprint density at radius 3 is 2.23 bits per heavy atom. The van der Waals surface area contributed by atoms with E-state index < -0.39 is 5.79 Å². The second kappa shape index (κ2) is 8.61. The smallest absolute Gasteiger partial charge is 0.172 e. The van der Waals surface area contributed by atoms with Crippen LogP contribution in [-0.4, -0.2) is 67.7 Å². The van der Waals surface area contributed by atoms with E-state index in [1.807, 2.05) is 12.1 Å². The van der Waals surface area contributed by atoms with E-state index in [0.717, 1.165) is 30.8 Å². The van der Waals surface area contributed by atoms with E-state index in [1.165, 1.54) is 0 Å². The molecular weight excluding hydrogens is 398 g/mol. The van der Waals surface area contributed by atoms with Crippen molar-refractivity contribution in [2.75, 3.05) is 33.5 Å². The lowest BCUT2D eigenvalue weighted by Gasteiger charge is -2.56. The molecule has 1 aromatic rings. The summed E-state index contributed by atoms with van der Waals surface area (Å²) in [6, 6.07) is 8.12. The van der Waals surface area contributed by atoms with Gasteiger partial charge in [-0.25, -0.2) is 0 Å². The Kier molecular flexibility index (Phi) is 6.38. The van der Waals surface area contributed by atoms with Crippen LogP contribution in [0.5, 0.6) is 5.75 Å². The van der Waals surface area contributed by atoms with Crippen LogP contribution in [0.15, 0.2) is 24.3 Å². The third-order valence-corrected chi connectivity index (χ3v) is 6.22. The molecule has 0 radical (unpaired) electrons. The molecule has 174 valence electrons. The summed E-state index contributed by atoms with van der Waals surface area (Å²) in [5, 5.41) is 2.14. The number of hydrogen-bond acceptors (Lipinski definition) is 7. The van der Waals surface area contributed by atoms with Gasteiger partial charge in [-0.2, -0.15) is 5.06 Å². The maximum Gasteiger partial charge on any atom is 0.172 e. The molecule has 7 nitrogen and oxygen atoms in total. The predicted molar refractivity (Wildman–Crippen MR) is 116 cm³/mol. The minimum absolute atomic E-state index is 0.0183. The van der Waals surface area contributed by atoms with Gasteiger partial charge < -0.3 is 23.7 Å². The molecule has 0 aromatic heterocycles. The lowest BCUT2D eigenvalue weighted by atomic mass is 9.78. The van der Waals surface area contributed by atoms with Crippen molar-refractivity contribution >= 4 is 0 Å². The van der Waals surface area contributed by atoms with Crippen LogP contribution in [0.1, 0.15) is 59.1 Å². The molecule has 3 unspecified atom stereocenters. The quantitative estimate of drug-likeness (QED) is 0.575. The van der Waals surface area contributed by atoms with Gasteiger partial charge in [0.05, 0.1) is 19.8 Å². The van der Waals surface area contributed by atoms with Crippen molar-refractivity contribution in [1.29, 1.82) is 0 Å². The zero-order chi connectivity index (χ0) is 22.3. The van der Waals surface area contributed by atoms with Gasteiger partial charge in [-0.15, -0.1) is 0 Å². The topological polar surface area (TPSA) is 61.9 Å². The average molecular weight is 436 g/mol. The molecule has 3 fully saturated rings. The molecule has 4 rings (SSSR count). The van der Waals surface area contributed by atoms with Crippen molar-refractivity contribution < 1.29 is 28.5 Å². The lowest BCUT2D eigenvalue weighted by molar-refractivity contribution is -0.351. The fraction of sp³-hybridized carbons (Fsp3) is 0.750. The first kappa shape index (κ1) is 23.0. The molecule has 1 spiro atoms. The maximum absolute atomic E-state index is 6.57. The van der Waals surface area contributed by atoms with Crippen molar-refractivity contribution in [1.82, 2.24) is 5.06 Å². The Morgan fingerprint density at radius 1 is 1.00 bits per heavy atom. The van der Waals surface area contributed by atoms with Gasteiger partial charge in [0, 0.05) is 31.0 Å². The molecule has 3 aliphatic heterocycles. The fourth-order valence-corrected chi connectivity index (χ4v) is 5.11. The first-order chi connectivity index (χ1) is 14.6. The molecule has 0 N–H and O–H groups in total. The third-order valence-electron chi connectivity index (χ3n) is 6.22. The highest BCUT2D eigenvalue weighted by atomic mass is 16.8. The van der Waals surface area contributed by atoms with Gasteiger partial charge in [0.1, 0.15) is 30.7 Å². The van der Waals surface area contributed by atoms with E-state index in [-0.39, 0.29) is 29.4 Å². The van der Waals surface area contributed by atoms with E-state index in [4.69, 9.17) is 28.5 Å². The molecule has 3 heterocycles. The Bertz CT molecular complexity index is 727. The Hall–Kier alpha value is -1.22. The molecule has 7 heteroatoms. The van der Waals surface area contributed by atoms with E-state index >= 15 is 0 Å². The van der Waals surface area contributed by atoms with E-state index in [0.29, 0.717) is 19.8 Å². The normalized spacial score (nSPS) is 29.7. The predicted octanol–water partition coefficient (Wildman–Crippen LogP) is 3.87. The van der Waals surface area contributed by atoms with Crippen molar-refractivity contribution in [3.05, 3.63) is 29.8 Å². The lowest BCUT2D eigenvalue weighted by Crippen LogP contribution is -2.65. The molecule has 31 heavy (non-hydrogen) atoms. The summed E-state index contributed by atoms with van der Waals surface area (Å²) in [5.74, 6) is 0.261. The number of piperidine rings is 1. The molecule has 3 saturated heterocycles. The third kappa shape index (κ3) is 5.24. The summed E-state index contributed by atoms with van der Waals surface area (Å²) in [7, 11) is 1.69. The number of benzene rings is 1. The van der Waals surface area contributed by atoms with E-state index in [2.05, 4.69) is 51.8 Å². The summed E-state index contributed by atoms with van der Waals surface area (Å²) >= 11 is 0. The number of epoxide rings is 1. The van der Waals surface area contributed by atoms with Crippen LogP contribution in [0.4, 0.5) is 0 Å². The summed E-state index contributed by atoms with van der Waals surface area (Å²) in [6.45, 7) is 13.4. The number of ether oxygens (including phenoxy) is 5. The van der Waals surface area contributed by atoms with Crippen molar-refractivity contribution in [3.8, 4) is 5.75 Å². The minimum atomic E-state index is -0.594. The Balaban J connectivity index is 1.41. The number of methoxy groups -OCH3 is 1. The van der Waals surface area contributed by atoms with Gasteiger partial charge in [-0.3, -0.25) is 4.84 Å². The first-order valence-electron chi connectivity index (χ1n) is 11.2. The zero-order valence-corrected chi connectivity index (χ0v) is 19.7. The summed E-state index contributed by atoms with van der Waals surface area (Å²) in [4.78, 5) is 6.57. The first-order valence-corrected chi connectivity index (χ1v) is 11.2. The molecule has 0 aliphatic carbocycles. The van der Waals surface area contributed by atoms with Crippen molar-refractivity contribution in [2.24, 2.45) is 0 Å². The van der Waals surface area contributed by atoms with E-state index in [1.54, 1.807) is 7.11 Å². The van der Waals surface area contributed by atoms with Gasteiger partial charge >= 0.3 is 0 Å². The van der Waals surface area contributed by atoms with Crippen molar-refractivity contribution in [3.63, 3.8) is 0 Å². The number of nitrogens with zero attached hydrogens (tertiary/aromatic N) is 1. The highest BCUT2D eigenvalue weighted by Crippen LogP contribution is 2.49. The van der Waals surface area contributed by atoms with Crippen molar-refractivity contribution in [2.45, 2.75) is 82.6 Å². The van der Waals surface area contributed by atoms with Gasteiger partial charge in [0.25, 0.3) is 0 Å². The largest absolute Gasteiger partial charge is 0.491 e. The minimum Gasteiger partial charge on any atom is -0.491 e. The van der Waals surface area contributed by atoms with Gasteiger partial charge in [-0.05, 0) is 52.3 Å². The van der Waals surface area contributed by atoms with Gasteiger partial charge in [-0.1, -0.05) is 12.1 Å². The maximum atomic E-state index is 6.57. The second-order valence-electron chi connectivity index (χ2n) is 10.3. The van der Waals surface area contributed by atoms with Gasteiger partial charge in [0.2, 0.25) is 0 Å². The number of hydroxylamine groups is 2. The molecule has 3 aliphatic rings. The highest BCUT2D eigenvalue weighted by molar-refractivity contribution is 5.28. The van der Waals surface area contributed by atoms with Crippen LogP contribution in [0.2, 0.25) is 0 Å². The van der Waals surface area contributed by atoms with Crippen LogP contribution in [0.3, 0.4) is 0 Å². The SMILES string of the molecule is COCC1COC2(CC(C)(C)N(OC(C)c3ccc(OCC4CO4)cc3)C(C)(C)C2)O1. The van der Waals surface area contributed by atoms with Crippen LogP contribution in [-0.2, 0) is 23.8 Å². The molecule has 0 saturated carbocycles. The monoisotopic (exact) mass is 435 g/mol. The van der Waals surface area contributed by atoms with Crippen LogP contribution in [0.25, 0.3) is 0 Å². The Morgan fingerprint density at radius 2 is 1.65 bits per heavy atom. The average Bonchev–Trinajstić information content (AvgIpc) is 3.45. The summed E-state index contributed by atoms with van der Waals surface area (Å²) < 4.78 is 28.8. The summed E-state index contributed by atoms with van der Waals surface area (Å²) in [5.41, 5.74) is 0.562. The number of rotatable bonds is 8. The molecular formula is C24H37NO6. The second-order valence-corrected chi connectivity index (χ2v) is 10.3. The summed E-state index contributed by atoms with van der Waals surface area (Å²) in [6.07, 6.45) is 1.60. The fourth-order valence-electron chi connectivity index (χ4n) is 5.11. The van der Waals surface area contributed by atoms with Crippen LogP contribution >= 0.6 is 0 Å². The Labute approximate surface area is 185 Å². The molecule has 1 aromatic carbocycles. The molecule has 3 atom stereocenters.